The summed E-state index contributed by atoms with van der Waals surface area (Å²) < 4.78 is 8.40. The lowest BCUT2D eigenvalue weighted by molar-refractivity contribution is 0.108. The minimum absolute atomic E-state index is 0.202. The minimum atomic E-state index is 0.202. The van der Waals surface area contributed by atoms with Crippen molar-refractivity contribution in [2.75, 3.05) is 6.61 Å². The summed E-state index contributed by atoms with van der Waals surface area (Å²) in [4.78, 5) is 7.57. The summed E-state index contributed by atoms with van der Waals surface area (Å²) in [6, 6.07) is 4.21. The Morgan fingerprint density at radius 3 is 3.25 bits per heavy atom. The highest BCUT2D eigenvalue weighted by molar-refractivity contribution is 7.71. The van der Waals surface area contributed by atoms with E-state index < -0.39 is 0 Å². The maximum absolute atomic E-state index is 5.58. The first-order chi connectivity index (χ1) is 7.77. The second-order valence-corrected chi connectivity index (χ2v) is 4.49. The number of ether oxygens (including phenoxy) is 1. The number of rotatable bonds is 1. The molecule has 0 aliphatic carbocycles. The van der Waals surface area contributed by atoms with Crippen molar-refractivity contribution < 1.29 is 4.74 Å². The number of aromatic amines is 1. The maximum atomic E-state index is 5.58. The molecule has 84 valence electrons. The highest BCUT2D eigenvalue weighted by atomic mass is 32.1. The molecular formula is C11H13N3OS. The maximum Gasteiger partial charge on any atom is 0.179 e. The van der Waals surface area contributed by atoms with Gasteiger partial charge < -0.3 is 9.72 Å². The topological polar surface area (TPSA) is 42.8 Å². The zero-order valence-corrected chi connectivity index (χ0v) is 9.83. The van der Waals surface area contributed by atoms with Gasteiger partial charge in [0.2, 0.25) is 0 Å². The number of aromatic nitrogens is 3. The lowest BCUT2D eigenvalue weighted by atomic mass is 10.1. The molecule has 1 saturated heterocycles. The Balaban J connectivity index is 2.22. The summed E-state index contributed by atoms with van der Waals surface area (Å²) in [6.45, 7) is 2.88. The molecule has 2 atom stereocenters. The molecule has 0 saturated carbocycles. The number of pyridine rings is 1. The second kappa shape index (κ2) is 3.68. The third-order valence-corrected chi connectivity index (χ3v) is 3.44. The van der Waals surface area contributed by atoms with E-state index in [0.717, 1.165) is 29.0 Å². The van der Waals surface area contributed by atoms with E-state index in [1.165, 1.54) is 0 Å². The molecule has 5 heteroatoms. The molecule has 0 aromatic carbocycles. The highest BCUT2D eigenvalue weighted by Crippen LogP contribution is 2.28. The molecule has 3 heterocycles. The molecule has 2 aromatic rings. The first-order valence-corrected chi connectivity index (χ1v) is 5.85. The van der Waals surface area contributed by atoms with Gasteiger partial charge in [0.05, 0.1) is 17.7 Å². The summed E-state index contributed by atoms with van der Waals surface area (Å²) >= 11 is 5.35. The Hall–Kier alpha value is -1.20. The van der Waals surface area contributed by atoms with Gasteiger partial charge >= 0.3 is 0 Å². The van der Waals surface area contributed by atoms with Gasteiger partial charge in [0.15, 0.2) is 10.4 Å². The fourth-order valence-corrected chi connectivity index (χ4v) is 2.66. The molecule has 1 aliphatic rings. The van der Waals surface area contributed by atoms with Gasteiger partial charge in [-0.25, -0.2) is 4.98 Å². The first kappa shape index (κ1) is 9.99. The van der Waals surface area contributed by atoms with Crippen LogP contribution in [0.2, 0.25) is 0 Å². The van der Waals surface area contributed by atoms with Crippen LogP contribution in [0.15, 0.2) is 18.3 Å². The Morgan fingerprint density at radius 2 is 2.50 bits per heavy atom. The number of H-pyrrole nitrogens is 1. The molecule has 0 amide bonds. The van der Waals surface area contributed by atoms with Gasteiger partial charge in [-0.1, -0.05) is 0 Å². The lowest BCUT2D eigenvalue weighted by Crippen LogP contribution is -2.17. The molecule has 2 unspecified atom stereocenters. The van der Waals surface area contributed by atoms with Crippen LogP contribution in [0, 0.1) is 4.77 Å². The molecule has 0 radical (unpaired) electrons. The highest BCUT2D eigenvalue weighted by Gasteiger charge is 2.27. The van der Waals surface area contributed by atoms with Gasteiger partial charge in [-0.3, -0.25) is 4.57 Å². The summed E-state index contributed by atoms with van der Waals surface area (Å²) in [5, 5.41) is 0. The molecular weight excluding hydrogens is 222 g/mol. The fourth-order valence-electron chi connectivity index (χ4n) is 2.33. The molecule has 4 nitrogen and oxygen atoms in total. The lowest BCUT2D eigenvalue weighted by Gasteiger charge is -2.15. The van der Waals surface area contributed by atoms with Crippen molar-refractivity contribution in [1.82, 2.24) is 14.5 Å². The van der Waals surface area contributed by atoms with Crippen molar-refractivity contribution in [3.63, 3.8) is 0 Å². The van der Waals surface area contributed by atoms with Crippen LogP contribution in [0.1, 0.15) is 19.4 Å². The number of nitrogens with zero attached hydrogens (tertiary/aromatic N) is 2. The quantitative estimate of drug-likeness (QED) is 0.772. The summed E-state index contributed by atoms with van der Waals surface area (Å²) in [7, 11) is 0. The van der Waals surface area contributed by atoms with Gasteiger partial charge in [-0.15, -0.1) is 0 Å². The van der Waals surface area contributed by atoms with E-state index in [1.807, 2.05) is 12.1 Å². The zero-order chi connectivity index (χ0) is 11.1. The molecule has 3 rings (SSSR count). The smallest absolute Gasteiger partial charge is 0.179 e. The average molecular weight is 235 g/mol. The largest absolute Gasteiger partial charge is 0.376 e. The van der Waals surface area contributed by atoms with E-state index >= 15 is 0 Å². The molecule has 0 bridgehead atoms. The zero-order valence-electron chi connectivity index (χ0n) is 9.01. The number of nitrogens with one attached hydrogen (secondary N) is 1. The minimum Gasteiger partial charge on any atom is -0.376 e. The van der Waals surface area contributed by atoms with Crippen LogP contribution in [-0.4, -0.2) is 27.2 Å². The number of imidazole rings is 1. The van der Waals surface area contributed by atoms with Gasteiger partial charge in [-0.2, -0.15) is 0 Å². The van der Waals surface area contributed by atoms with E-state index in [9.17, 15) is 0 Å². The van der Waals surface area contributed by atoms with Crippen molar-refractivity contribution in [3.8, 4) is 0 Å². The van der Waals surface area contributed by atoms with Crippen LogP contribution in [0.25, 0.3) is 11.2 Å². The molecule has 1 aliphatic heterocycles. The van der Waals surface area contributed by atoms with Crippen molar-refractivity contribution in [2.24, 2.45) is 0 Å². The molecule has 2 aromatic heterocycles. The van der Waals surface area contributed by atoms with Crippen LogP contribution in [0.3, 0.4) is 0 Å². The number of hydrogen-bond donors (Lipinski definition) is 1. The Bertz CT molecular complexity index is 574. The van der Waals surface area contributed by atoms with Gasteiger partial charge in [-0.05, 0) is 37.7 Å². The standard InChI is InChI=1S/C11H13N3OS/c1-7-9(4-6-15-7)14-10-8(13-11(14)16)3-2-5-12-10/h2-3,5,7,9H,4,6H2,1H3,(H,13,16). The van der Waals surface area contributed by atoms with E-state index in [2.05, 4.69) is 21.5 Å². The van der Waals surface area contributed by atoms with Crippen molar-refractivity contribution in [3.05, 3.63) is 23.1 Å². The number of fused-ring (bicyclic) bond motifs is 1. The van der Waals surface area contributed by atoms with Crippen LogP contribution < -0.4 is 0 Å². The third-order valence-electron chi connectivity index (χ3n) is 3.14. The Morgan fingerprint density at radius 1 is 1.62 bits per heavy atom. The predicted molar refractivity (Wildman–Crippen MR) is 64.0 cm³/mol. The van der Waals surface area contributed by atoms with Crippen LogP contribution >= 0.6 is 12.2 Å². The number of hydrogen-bond acceptors (Lipinski definition) is 3. The molecule has 16 heavy (non-hydrogen) atoms. The normalized spacial score (nSPS) is 25.3. The van der Waals surface area contributed by atoms with Gasteiger partial charge in [0.1, 0.15) is 0 Å². The van der Waals surface area contributed by atoms with E-state index in [4.69, 9.17) is 17.0 Å². The average Bonchev–Trinajstić information content (AvgIpc) is 2.81. The fraction of sp³-hybridized carbons (Fsp3) is 0.455. The van der Waals surface area contributed by atoms with Gasteiger partial charge in [0, 0.05) is 12.8 Å². The summed E-state index contributed by atoms with van der Waals surface area (Å²) in [5.41, 5.74) is 1.92. The Labute approximate surface area is 98.3 Å². The third kappa shape index (κ3) is 1.39. The van der Waals surface area contributed by atoms with Crippen LogP contribution in [0.4, 0.5) is 0 Å². The molecule has 1 fully saturated rings. The van der Waals surface area contributed by atoms with Crippen molar-refractivity contribution in [2.45, 2.75) is 25.5 Å². The first-order valence-electron chi connectivity index (χ1n) is 5.44. The second-order valence-electron chi connectivity index (χ2n) is 4.11. The van der Waals surface area contributed by atoms with Crippen molar-refractivity contribution in [1.29, 1.82) is 0 Å². The SMILES string of the molecule is CC1OCCC1n1c(=S)[nH]c2cccnc21. The van der Waals surface area contributed by atoms with E-state index in [1.54, 1.807) is 6.20 Å². The van der Waals surface area contributed by atoms with E-state index in [-0.39, 0.29) is 6.10 Å². The molecule has 1 N–H and O–H groups in total. The van der Waals surface area contributed by atoms with E-state index in [0.29, 0.717) is 6.04 Å². The predicted octanol–water partition coefficient (Wildman–Crippen LogP) is 2.44. The van der Waals surface area contributed by atoms with Crippen LogP contribution in [0.5, 0.6) is 0 Å². The van der Waals surface area contributed by atoms with Crippen molar-refractivity contribution >= 4 is 23.4 Å². The summed E-state index contributed by atoms with van der Waals surface area (Å²) in [5.74, 6) is 0. The summed E-state index contributed by atoms with van der Waals surface area (Å²) in [6.07, 6.45) is 2.99. The van der Waals surface area contributed by atoms with Gasteiger partial charge in [0.25, 0.3) is 0 Å². The molecule has 0 spiro atoms. The monoisotopic (exact) mass is 235 g/mol. The van der Waals surface area contributed by atoms with Crippen LogP contribution in [-0.2, 0) is 4.74 Å². The Kier molecular flexibility index (Phi) is 2.29.